The molecule has 1 saturated heterocycles. The molecule has 3 nitrogen and oxygen atoms in total. The van der Waals surface area contributed by atoms with E-state index < -0.39 is 0 Å². The van der Waals surface area contributed by atoms with Gasteiger partial charge in [0.1, 0.15) is 0 Å². The van der Waals surface area contributed by atoms with Gasteiger partial charge in [-0.15, -0.1) is 0 Å². The van der Waals surface area contributed by atoms with Crippen LogP contribution in [0.2, 0.25) is 5.02 Å². The summed E-state index contributed by atoms with van der Waals surface area (Å²) in [6.07, 6.45) is 4.17. The number of nitrogens with one attached hydrogen (secondary N) is 1. The zero-order valence-electron chi connectivity index (χ0n) is 11.2. The van der Waals surface area contributed by atoms with E-state index >= 15 is 0 Å². The van der Waals surface area contributed by atoms with Gasteiger partial charge in [-0.2, -0.15) is 0 Å². The summed E-state index contributed by atoms with van der Waals surface area (Å²) in [7, 11) is 0. The van der Waals surface area contributed by atoms with Crippen molar-refractivity contribution in [3.63, 3.8) is 0 Å². The quantitative estimate of drug-likeness (QED) is 0.841. The van der Waals surface area contributed by atoms with Crippen molar-refractivity contribution >= 4 is 17.5 Å². The van der Waals surface area contributed by atoms with Gasteiger partial charge in [0, 0.05) is 37.6 Å². The van der Waals surface area contributed by atoms with E-state index in [1.54, 1.807) is 0 Å². The van der Waals surface area contributed by atoms with Gasteiger partial charge in [-0.05, 0) is 37.0 Å². The summed E-state index contributed by atoms with van der Waals surface area (Å²) in [4.78, 5) is 13.9. The molecule has 0 saturated carbocycles. The largest absolute Gasteiger partial charge is 0.343 e. The van der Waals surface area contributed by atoms with Crippen molar-refractivity contribution in [1.29, 1.82) is 0 Å². The van der Waals surface area contributed by atoms with Gasteiger partial charge < -0.3 is 10.2 Å². The smallest absolute Gasteiger partial charge is 0.223 e. The molecule has 1 amide bonds. The van der Waals surface area contributed by atoms with Crippen molar-refractivity contribution in [2.75, 3.05) is 19.6 Å². The van der Waals surface area contributed by atoms with Crippen molar-refractivity contribution in [3.05, 3.63) is 34.9 Å². The lowest BCUT2D eigenvalue weighted by Gasteiger charge is -2.26. The van der Waals surface area contributed by atoms with Crippen LogP contribution in [0.15, 0.2) is 24.3 Å². The molecule has 4 heteroatoms. The van der Waals surface area contributed by atoms with E-state index in [9.17, 15) is 4.79 Å². The van der Waals surface area contributed by atoms with Crippen LogP contribution in [0, 0.1) is 0 Å². The summed E-state index contributed by atoms with van der Waals surface area (Å²) in [6, 6.07) is 7.78. The van der Waals surface area contributed by atoms with E-state index in [-0.39, 0.29) is 5.91 Å². The van der Waals surface area contributed by atoms with Gasteiger partial charge in [0.25, 0.3) is 0 Å². The molecule has 0 bridgehead atoms. The zero-order valence-corrected chi connectivity index (χ0v) is 12.0. The number of likely N-dealkylation sites (tertiary alicyclic amines) is 1. The Morgan fingerprint density at radius 3 is 2.53 bits per heavy atom. The Balaban J connectivity index is 1.63. The Kier molecular flexibility index (Phi) is 5.67. The van der Waals surface area contributed by atoms with Gasteiger partial charge in [0.05, 0.1) is 0 Å². The fraction of sp³-hybridized carbons (Fsp3) is 0.533. The lowest BCUT2D eigenvalue weighted by Crippen LogP contribution is -2.37. The number of benzene rings is 1. The van der Waals surface area contributed by atoms with Gasteiger partial charge in [-0.3, -0.25) is 4.79 Å². The number of hydrogen-bond acceptors (Lipinski definition) is 2. The zero-order chi connectivity index (χ0) is 13.5. The number of rotatable bonds is 5. The van der Waals surface area contributed by atoms with Crippen molar-refractivity contribution in [2.45, 2.75) is 32.2 Å². The number of amides is 1. The molecule has 1 aromatic rings. The summed E-state index contributed by atoms with van der Waals surface area (Å²) >= 11 is 5.83. The lowest BCUT2D eigenvalue weighted by atomic mass is 10.1. The molecule has 0 unspecified atom stereocenters. The summed E-state index contributed by atoms with van der Waals surface area (Å²) in [5.41, 5.74) is 1.19. The number of nitrogens with zero attached hydrogens (tertiary/aromatic N) is 1. The molecule has 1 aliphatic rings. The highest BCUT2D eigenvalue weighted by molar-refractivity contribution is 6.30. The maximum atomic E-state index is 11.9. The highest BCUT2D eigenvalue weighted by Crippen LogP contribution is 2.10. The number of carbonyl (C=O) groups is 1. The van der Waals surface area contributed by atoms with E-state index in [1.807, 2.05) is 29.2 Å². The topological polar surface area (TPSA) is 32.3 Å². The number of hydrogen-bond donors (Lipinski definition) is 1. The van der Waals surface area contributed by atoms with Crippen molar-refractivity contribution in [3.8, 4) is 0 Å². The highest BCUT2D eigenvalue weighted by Gasteiger charge is 2.15. The molecule has 0 spiro atoms. The Morgan fingerprint density at radius 2 is 1.84 bits per heavy atom. The van der Waals surface area contributed by atoms with Crippen LogP contribution < -0.4 is 5.32 Å². The molecule has 1 fully saturated rings. The molecule has 0 atom stereocenters. The molecule has 2 rings (SSSR count). The molecular weight excluding hydrogens is 260 g/mol. The first-order valence-corrected chi connectivity index (χ1v) is 7.36. The van der Waals surface area contributed by atoms with Crippen LogP contribution in [0.25, 0.3) is 0 Å². The average Bonchev–Trinajstić information content (AvgIpc) is 2.46. The molecule has 104 valence electrons. The van der Waals surface area contributed by atoms with Crippen molar-refractivity contribution < 1.29 is 4.79 Å². The number of piperidine rings is 1. The molecule has 1 heterocycles. The molecule has 0 aromatic heterocycles. The molecule has 1 aliphatic heterocycles. The maximum absolute atomic E-state index is 11.9. The van der Waals surface area contributed by atoms with E-state index in [1.165, 1.54) is 12.0 Å². The van der Waals surface area contributed by atoms with Crippen molar-refractivity contribution in [2.24, 2.45) is 0 Å². The Bertz CT molecular complexity index is 399. The number of carbonyl (C=O) groups excluding carboxylic acids is 1. The molecule has 1 aromatic carbocycles. The lowest BCUT2D eigenvalue weighted by molar-refractivity contribution is -0.131. The third-order valence-electron chi connectivity index (χ3n) is 3.47. The minimum atomic E-state index is 0.281. The fourth-order valence-electron chi connectivity index (χ4n) is 2.33. The molecule has 1 N–H and O–H groups in total. The Morgan fingerprint density at radius 1 is 1.16 bits per heavy atom. The normalized spacial score (nSPS) is 15.5. The maximum Gasteiger partial charge on any atom is 0.223 e. The summed E-state index contributed by atoms with van der Waals surface area (Å²) in [5, 5.41) is 4.05. The molecule has 19 heavy (non-hydrogen) atoms. The van der Waals surface area contributed by atoms with Gasteiger partial charge in [0.15, 0.2) is 0 Å². The van der Waals surface area contributed by atoms with Gasteiger partial charge in [0.2, 0.25) is 5.91 Å². The summed E-state index contributed by atoms with van der Waals surface area (Å²) < 4.78 is 0. The van der Waals surface area contributed by atoms with Gasteiger partial charge in [-0.25, -0.2) is 0 Å². The minimum absolute atomic E-state index is 0.281. The molecular formula is C15H21ClN2O. The molecule has 0 radical (unpaired) electrons. The monoisotopic (exact) mass is 280 g/mol. The minimum Gasteiger partial charge on any atom is -0.343 e. The Labute approximate surface area is 119 Å². The SMILES string of the molecule is O=C(CCNCc1ccc(Cl)cc1)N1CCCCC1. The van der Waals surface area contributed by atoms with E-state index in [2.05, 4.69) is 5.32 Å². The van der Waals surface area contributed by atoms with Crippen LogP contribution in [0.4, 0.5) is 0 Å². The van der Waals surface area contributed by atoms with Crippen molar-refractivity contribution in [1.82, 2.24) is 10.2 Å². The van der Waals surface area contributed by atoms with Crippen LogP contribution in [0.5, 0.6) is 0 Å². The first kappa shape index (κ1) is 14.4. The Hall–Kier alpha value is -1.06. The third kappa shape index (κ3) is 4.84. The van der Waals surface area contributed by atoms with Crippen LogP contribution >= 0.6 is 11.6 Å². The summed E-state index contributed by atoms with van der Waals surface area (Å²) in [5.74, 6) is 0.281. The van der Waals surface area contributed by atoms with Crippen LogP contribution in [-0.2, 0) is 11.3 Å². The first-order chi connectivity index (χ1) is 9.25. The second-order valence-corrected chi connectivity index (χ2v) is 5.43. The van der Waals surface area contributed by atoms with Crippen LogP contribution in [-0.4, -0.2) is 30.4 Å². The predicted octanol–water partition coefficient (Wildman–Crippen LogP) is 2.83. The van der Waals surface area contributed by atoms with E-state index in [0.29, 0.717) is 6.42 Å². The average molecular weight is 281 g/mol. The first-order valence-electron chi connectivity index (χ1n) is 6.98. The summed E-state index contributed by atoms with van der Waals surface area (Å²) in [6.45, 7) is 3.40. The fourth-order valence-corrected chi connectivity index (χ4v) is 2.46. The third-order valence-corrected chi connectivity index (χ3v) is 3.72. The van der Waals surface area contributed by atoms with Gasteiger partial charge >= 0.3 is 0 Å². The van der Waals surface area contributed by atoms with Crippen LogP contribution in [0.3, 0.4) is 0 Å². The second kappa shape index (κ2) is 7.51. The predicted molar refractivity (Wildman–Crippen MR) is 78.2 cm³/mol. The van der Waals surface area contributed by atoms with E-state index in [4.69, 9.17) is 11.6 Å². The second-order valence-electron chi connectivity index (χ2n) is 4.99. The van der Waals surface area contributed by atoms with Gasteiger partial charge in [-0.1, -0.05) is 23.7 Å². The van der Waals surface area contributed by atoms with E-state index in [0.717, 1.165) is 44.0 Å². The van der Waals surface area contributed by atoms with Crippen LogP contribution in [0.1, 0.15) is 31.2 Å². The standard InChI is InChI=1S/C15H21ClN2O/c16-14-6-4-13(5-7-14)12-17-9-8-15(19)18-10-2-1-3-11-18/h4-7,17H,1-3,8-12H2. The molecule has 0 aliphatic carbocycles. The highest BCUT2D eigenvalue weighted by atomic mass is 35.5. The number of halogens is 1.